The number of carbonyl (C=O) groups is 1. The van der Waals surface area contributed by atoms with E-state index < -0.39 is 0 Å². The van der Waals surface area contributed by atoms with Gasteiger partial charge in [0.15, 0.2) is 0 Å². The maximum atomic E-state index is 11.5. The summed E-state index contributed by atoms with van der Waals surface area (Å²) in [5.74, 6) is 1.13. The molecule has 0 radical (unpaired) electrons. The molecule has 0 fully saturated rings. The molecule has 17 heavy (non-hydrogen) atoms. The van der Waals surface area contributed by atoms with Crippen LogP contribution in [0.5, 0.6) is 0 Å². The molecule has 0 aliphatic carbocycles. The van der Waals surface area contributed by atoms with Gasteiger partial charge in [-0.2, -0.15) is 0 Å². The third kappa shape index (κ3) is 3.72. The summed E-state index contributed by atoms with van der Waals surface area (Å²) in [5.41, 5.74) is 1.30. The van der Waals surface area contributed by atoms with E-state index >= 15 is 0 Å². The van der Waals surface area contributed by atoms with Crippen molar-refractivity contribution in [2.75, 3.05) is 26.4 Å². The molecule has 2 heterocycles. The van der Waals surface area contributed by atoms with E-state index in [1.807, 2.05) is 31.7 Å². The van der Waals surface area contributed by atoms with Crippen LogP contribution in [0.4, 0.5) is 0 Å². The van der Waals surface area contributed by atoms with Crippen LogP contribution in [0.3, 0.4) is 0 Å². The van der Waals surface area contributed by atoms with Crippen molar-refractivity contribution in [2.24, 2.45) is 0 Å². The van der Waals surface area contributed by atoms with Gasteiger partial charge in [-0.1, -0.05) is 13.8 Å². The lowest BCUT2D eigenvalue weighted by Crippen LogP contribution is -2.19. The number of nitrogens with one attached hydrogen (secondary N) is 1. The minimum atomic E-state index is 0.0244. The molecule has 3 nitrogen and oxygen atoms in total. The Labute approximate surface area is 112 Å². The Morgan fingerprint density at radius 3 is 2.82 bits per heavy atom. The second kappa shape index (κ2) is 7.03. The second-order valence-corrected chi connectivity index (χ2v) is 6.00. The van der Waals surface area contributed by atoms with Crippen molar-refractivity contribution in [3.05, 3.63) is 16.5 Å². The van der Waals surface area contributed by atoms with Crippen molar-refractivity contribution in [3.8, 4) is 0 Å². The van der Waals surface area contributed by atoms with Crippen molar-refractivity contribution >= 4 is 29.0 Å². The minimum absolute atomic E-state index is 0.0244. The number of rotatable bonds is 1. The van der Waals surface area contributed by atoms with Gasteiger partial charge in [0.05, 0.1) is 9.09 Å². The number of nitrogens with zero attached hydrogens (tertiary/aromatic N) is 1. The maximum Gasteiger partial charge on any atom is 0.261 e. The van der Waals surface area contributed by atoms with Gasteiger partial charge in [-0.05, 0) is 18.7 Å². The normalized spacial score (nSPS) is 15.3. The van der Waals surface area contributed by atoms with E-state index in [4.69, 9.17) is 0 Å². The molecule has 1 amide bonds. The number of hydrogen-bond acceptors (Lipinski definition) is 4. The molecule has 1 N–H and O–H groups in total. The number of carbonyl (C=O) groups excluding carboxylic acids is 1. The Morgan fingerprint density at radius 1 is 1.47 bits per heavy atom. The molecule has 2 rings (SSSR count). The van der Waals surface area contributed by atoms with E-state index in [2.05, 4.69) is 17.3 Å². The Morgan fingerprint density at radius 2 is 2.18 bits per heavy atom. The first-order valence-electron chi connectivity index (χ1n) is 5.87. The van der Waals surface area contributed by atoms with Gasteiger partial charge in [0.1, 0.15) is 0 Å². The summed E-state index contributed by atoms with van der Waals surface area (Å²) in [4.78, 5) is 14.6. The lowest BCUT2D eigenvalue weighted by molar-refractivity contribution is 0.0967. The fourth-order valence-electron chi connectivity index (χ4n) is 1.54. The van der Waals surface area contributed by atoms with Crippen LogP contribution in [-0.4, -0.2) is 37.2 Å². The van der Waals surface area contributed by atoms with Crippen LogP contribution in [0.15, 0.2) is 10.3 Å². The van der Waals surface area contributed by atoms with E-state index in [0.717, 1.165) is 23.7 Å². The topological polar surface area (TPSA) is 32.3 Å². The molecule has 0 aromatic carbocycles. The molecular weight excluding hydrogens is 252 g/mol. The highest BCUT2D eigenvalue weighted by molar-refractivity contribution is 8.01. The molecule has 0 atom stereocenters. The van der Waals surface area contributed by atoms with Crippen molar-refractivity contribution < 1.29 is 4.79 Å². The van der Waals surface area contributed by atoms with E-state index in [-0.39, 0.29) is 5.91 Å². The number of hydrogen-bond donors (Lipinski definition) is 1. The van der Waals surface area contributed by atoms with Crippen molar-refractivity contribution in [1.82, 2.24) is 10.2 Å². The smallest absolute Gasteiger partial charge is 0.261 e. The molecule has 0 saturated heterocycles. The lowest BCUT2D eigenvalue weighted by Gasteiger charge is -2.11. The fraction of sp³-hybridized carbons (Fsp3) is 0.583. The summed E-state index contributed by atoms with van der Waals surface area (Å²) < 4.78 is 1.30. The SMILES string of the molecule is CC.CNC(=O)c1cc2c(s1)SCCN(C)C2. The zero-order chi connectivity index (χ0) is 12.8. The molecule has 1 aliphatic rings. The predicted molar refractivity (Wildman–Crippen MR) is 76.1 cm³/mol. The molecular formula is C12H20N2OS2. The van der Waals surface area contributed by atoms with Crippen LogP contribution in [0, 0.1) is 0 Å². The van der Waals surface area contributed by atoms with Crippen LogP contribution in [0.2, 0.25) is 0 Å². The zero-order valence-electron chi connectivity index (χ0n) is 10.9. The summed E-state index contributed by atoms with van der Waals surface area (Å²) in [6, 6.07) is 2.02. The monoisotopic (exact) mass is 272 g/mol. The molecule has 0 spiro atoms. The van der Waals surface area contributed by atoms with E-state index in [9.17, 15) is 4.79 Å². The van der Waals surface area contributed by atoms with Gasteiger partial charge < -0.3 is 10.2 Å². The number of amides is 1. The molecule has 1 aromatic rings. The first-order valence-corrected chi connectivity index (χ1v) is 7.67. The zero-order valence-corrected chi connectivity index (χ0v) is 12.5. The van der Waals surface area contributed by atoms with E-state index in [1.54, 1.807) is 18.4 Å². The van der Waals surface area contributed by atoms with Crippen molar-refractivity contribution in [3.63, 3.8) is 0 Å². The number of thiophene rings is 1. The van der Waals surface area contributed by atoms with Gasteiger partial charge in [0.25, 0.3) is 5.91 Å². The van der Waals surface area contributed by atoms with Gasteiger partial charge in [-0.15, -0.1) is 23.1 Å². The van der Waals surface area contributed by atoms with Crippen molar-refractivity contribution in [1.29, 1.82) is 0 Å². The number of fused-ring (bicyclic) bond motifs is 1. The third-order valence-electron chi connectivity index (χ3n) is 2.37. The largest absolute Gasteiger partial charge is 0.354 e. The molecule has 0 bridgehead atoms. The first kappa shape index (κ1) is 14.5. The molecule has 0 saturated carbocycles. The summed E-state index contributed by atoms with van der Waals surface area (Å²) >= 11 is 3.47. The molecule has 96 valence electrons. The molecule has 5 heteroatoms. The Balaban J connectivity index is 0.000000686. The highest BCUT2D eigenvalue weighted by Gasteiger charge is 2.17. The third-order valence-corrected chi connectivity index (χ3v) is 4.85. The fourth-order valence-corrected chi connectivity index (χ4v) is 4.05. The molecule has 1 aliphatic heterocycles. The van der Waals surface area contributed by atoms with Crippen LogP contribution in [0.1, 0.15) is 29.1 Å². The van der Waals surface area contributed by atoms with E-state index in [1.165, 1.54) is 9.77 Å². The molecule has 0 unspecified atom stereocenters. The molecule has 1 aromatic heterocycles. The average Bonchev–Trinajstić information content (AvgIpc) is 2.66. The van der Waals surface area contributed by atoms with Gasteiger partial charge in [0, 0.05) is 25.9 Å². The van der Waals surface area contributed by atoms with Crippen LogP contribution in [0.25, 0.3) is 0 Å². The highest BCUT2D eigenvalue weighted by atomic mass is 32.2. The predicted octanol–water partition coefficient (Wildman–Crippen LogP) is 2.67. The van der Waals surface area contributed by atoms with Crippen LogP contribution in [-0.2, 0) is 6.54 Å². The highest BCUT2D eigenvalue weighted by Crippen LogP contribution is 2.34. The number of thioether (sulfide) groups is 1. The summed E-state index contributed by atoms with van der Waals surface area (Å²) in [6.45, 7) is 6.07. The standard InChI is InChI=1S/C10H14N2OS2.C2H6/c1-11-9(13)8-5-7-6-12(2)3-4-14-10(7)15-8;1-2/h5H,3-4,6H2,1-2H3,(H,11,13);1-2H3. The summed E-state index contributed by atoms with van der Waals surface area (Å²) in [5, 5.41) is 2.67. The maximum absolute atomic E-state index is 11.5. The van der Waals surface area contributed by atoms with Crippen molar-refractivity contribution in [2.45, 2.75) is 24.6 Å². The summed E-state index contributed by atoms with van der Waals surface area (Å²) in [7, 11) is 3.79. The van der Waals surface area contributed by atoms with Gasteiger partial charge in [-0.3, -0.25) is 4.79 Å². The average molecular weight is 272 g/mol. The quantitative estimate of drug-likeness (QED) is 0.853. The minimum Gasteiger partial charge on any atom is -0.354 e. The van der Waals surface area contributed by atoms with Crippen LogP contribution < -0.4 is 5.32 Å². The van der Waals surface area contributed by atoms with Crippen LogP contribution >= 0.6 is 23.1 Å². The van der Waals surface area contributed by atoms with Gasteiger partial charge in [-0.25, -0.2) is 0 Å². The lowest BCUT2D eigenvalue weighted by atomic mass is 10.3. The Bertz CT molecular complexity index is 377. The Kier molecular flexibility index (Phi) is 6.02. The Hall–Kier alpha value is -0.520. The van der Waals surface area contributed by atoms with E-state index in [0.29, 0.717) is 0 Å². The summed E-state index contributed by atoms with van der Waals surface area (Å²) in [6.07, 6.45) is 0. The van der Waals surface area contributed by atoms with Gasteiger partial charge in [0.2, 0.25) is 0 Å². The first-order chi connectivity index (χ1) is 8.20. The second-order valence-electron chi connectivity index (χ2n) is 3.59. The van der Waals surface area contributed by atoms with Gasteiger partial charge >= 0.3 is 0 Å².